The molecule has 6 nitrogen and oxygen atoms in total. The Balaban J connectivity index is 1.67. The second kappa shape index (κ2) is 12.8. The van der Waals surface area contributed by atoms with Gasteiger partial charge in [0.1, 0.15) is 15.7 Å². The summed E-state index contributed by atoms with van der Waals surface area (Å²) in [6, 6.07) is 20.7. The summed E-state index contributed by atoms with van der Waals surface area (Å²) >= 11 is 8.17. The number of anilines is 1. The fourth-order valence-corrected chi connectivity index (χ4v) is 11.7. The van der Waals surface area contributed by atoms with Crippen LogP contribution in [0.25, 0.3) is 0 Å². The lowest BCUT2D eigenvalue weighted by molar-refractivity contribution is -0.00536. The minimum absolute atomic E-state index is 0.0688. The van der Waals surface area contributed by atoms with Gasteiger partial charge in [-0.05, 0) is 36.2 Å². The van der Waals surface area contributed by atoms with Crippen molar-refractivity contribution < 1.29 is 18.7 Å². The number of nitrogens with zero attached hydrogens (tertiary/aromatic N) is 3. The van der Waals surface area contributed by atoms with E-state index in [9.17, 15) is 5.11 Å². The number of rotatable bonds is 8. The summed E-state index contributed by atoms with van der Waals surface area (Å²) in [5.74, 6) is -0.752. The SMILES string of the molecule is Cc1cnc(C(O)c2nc(CO[Si](c3ccccc3)(c3ccccc3)C(C)(C)C)c(N3C[C@@H](C)O[C@@H](C)C3)c(Cl)c2F)s1. The Kier molecular flexibility index (Phi) is 9.42. The molecule has 1 unspecified atom stereocenters. The molecule has 1 fully saturated rings. The Hall–Kier alpha value is -2.66. The molecule has 1 aliphatic rings. The molecule has 3 heterocycles. The van der Waals surface area contributed by atoms with E-state index in [1.807, 2.05) is 62.1 Å². The summed E-state index contributed by atoms with van der Waals surface area (Å²) in [5, 5.41) is 13.5. The van der Waals surface area contributed by atoms with Crippen LogP contribution >= 0.6 is 22.9 Å². The molecule has 0 saturated carbocycles. The normalized spacial score (nSPS) is 18.6. The summed E-state index contributed by atoms with van der Waals surface area (Å²) in [6.45, 7) is 13.6. The zero-order valence-corrected chi connectivity index (χ0v) is 28.0. The number of halogens is 2. The van der Waals surface area contributed by atoms with Crippen LogP contribution < -0.4 is 15.3 Å². The molecule has 1 saturated heterocycles. The summed E-state index contributed by atoms with van der Waals surface area (Å²) < 4.78 is 29.3. The first-order chi connectivity index (χ1) is 20.4. The van der Waals surface area contributed by atoms with E-state index in [2.05, 4.69) is 50.0 Å². The van der Waals surface area contributed by atoms with Crippen LogP contribution in [0.1, 0.15) is 62.0 Å². The van der Waals surface area contributed by atoms with E-state index >= 15 is 4.39 Å². The highest BCUT2D eigenvalue weighted by atomic mass is 35.5. The maximum Gasteiger partial charge on any atom is 0.261 e. The van der Waals surface area contributed by atoms with Crippen LogP contribution in [0.4, 0.5) is 10.1 Å². The van der Waals surface area contributed by atoms with E-state index in [4.69, 9.17) is 25.7 Å². The molecule has 0 radical (unpaired) electrons. The van der Waals surface area contributed by atoms with Gasteiger partial charge in [0, 0.05) is 24.2 Å². The van der Waals surface area contributed by atoms with Crippen LogP contribution in [0.15, 0.2) is 66.9 Å². The number of aliphatic hydroxyl groups excluding tert-OH is 1. The largest absolute Gasteiger partial charge is 0.401 e. The third-order valence-electron chi connectivity index (χ3n) is 7.86. The smallest absolute Gasteiger partial charge is 0.261 e. The first-order valence-corrected chi connectivity index (χ1v) is 17.7. The van der Waals surface area contributed by atoms with Crippen molar-refractivity contribution in [2.75, 3.05) is 18.0 Å². The van der Waals surface area contributed by atoms with Gasteiger partial charge in [0.2, 0.25) is 0 Å². The summed E-state index contributed by atoms with van der Waals surface area (Å²) in [5.41, 5.74) is 0.798. The summed E-state index contributed by atoms with van der Waals surface area (Å²) in [6.07, 6.45) is 0.119. The quantitative estimate of drug-likeness (QED) is 0.225. The second-order valence-corrected chi connectivity index (χ2v) is 18.2. The van der Waals surface area contributed by atoms with Crippen molar-refractivity contribution >= 4 is 47.3 Å². The Morgan fingerprint density at radius 3 is 2.12 bits per heavy atom. The lowest BCUT2D eigenvalue weighted by Crippen LogP contribution is -2.66. The van der Waals surface area contributed by atoms with Crippen LogP contribution in [0.5, 0.6) is 0 Å². The number of hydrogen-bond donors (Lipinski definition) is 1. The number of morpholine rings is 1. The molecule has 4 aromatic rings. The van der Waals surface area contributed by atoms with Crippen molar-refractivity contribution in [3.8, 4) is 0 Å². The zero-order valence-electron chi connectivity index (χ0n) is 25.5. The van der Waals surface area contributed by atoms with Crippen molar-refractivity contribution in [3.63, 3.8) is 0 Å². The van der Waals surface area contributed by atoms with Gasteiger partial charge in [-0.3, -0.25) is 0 Å². The second-order valence-electron chi connectivity index (χ2n) is 12.2. The number of aromatic nitrogens is 2. The van der Waals surface area contributed by atoms with Crippen molar-refractivity contribution in [2.45, 2.75) is 71.5 Å². The Morgan fingerprint density at radius 2 is 1.63 bits per heavy atom. The Labute approximate surface area is 263 Å². The maximum absolute atomic E-state index is 16.1. The van der Waals surface area contributed by atoms with Gasteiger partial charge in [-0.15, -0.1) is 11.3 Å². The van der Waals surface area contributed by atoms with Crippen molar-refractivity contribution in [2.24, 2.45) is 0 Å². The van der Waals surface area contributed by atoms with Gasteiger partial charge in [-0.1, -0.05) is 93.0 Å². The summed E-state index contributed by atoms with van der Waals surface area (Å²) in [4.78, 5) is 12.0. The van der Waals surface area contributed by atoms with Gasteiger partial charge in [0.15, 0.2) is 11.9 Å². The third kappa shape index (κ3) is 6.29. The first kappa shape index (κ1) is 31.8. The third-order valence-corrected chi connectivity index (χ3v) is 14.2. The van der Waals surface area contributed by atoms with Crippen LogP contribution in [-0.2, 0) is 15.8 Å². The van der Waals surface area contributed by atoms with Crippen LogP contribution in [0, 0.1) is 12.7 Å². The number of aliphatic hydroxyl groups is 1. The standard InChI is InChI=1S/C33H39ClFN3O3SSi/c1-21-18-38(19-22(2)41-21)30-26(37-29(28(35)27(30)34)31(39)32-36-17-23(3)42-32)20-40-43(33(4,5)6,24-13-9-7-10-14-24)25-15-11-8-12-16-25/h7-17,21-22,31,39H,18-20H2,1-6H3/t21-,22+,31?. The molecule has 0 spiro atoms. The number of ether oxygens (including phenoxy) is 1. The summed E-state index contributed by atoms with van der Waals surface area (Å²) in [7, 11) is -2.96. The number of benzene rings is 2. The zero-order chi connectivity index (χ0) is 30.9. The minimum atomic E-state index is -2.96. The van der Waals surface area contributed by atoms with Crippen molar-refractivity contribution in [3.05, 3.63) is 99.0 Å². The van der Waals surface area contributed by atoms with E-state index in [0.29, 0.717) is 29.5 Å². The minimum Gasteiger partial charge on any atom is -0.401 e. The van der Waals surface area contributed by atoms with Gasteiger partial charge in [-0.25, -0.2) is 14.4 Å². The monoisotopic (exact) mass is 639 g/mol. The lowest BCUT2D eigenvalue weighted by atomic mass is 10.1. The topological polar surface area (TPSA) is 67.7 Å². The molecular formula is C33H39ClFN3O3SSi. The van der Waals surface area contributed by atoms with Crippen LogP contribution in [-0.4, -0.2) is 48.7 Å². The van der Waals surface area contributed by atoms with E-state index in [1.54, 1.807) is 6.20 Å². The predicted molar refractivity (Wildman–Crippen MR) is 175 cm³/mol. The van der Waals surface area contributed by atoms with Gasteiger partial charge in [-0.2, -0.15) is 0 Å². The van der Waals surface area contributed by atoms with Gasteiger partial charge < -0.3 is 19.2 Å². The highest BCUT2D eigenvalue weighted by Crippen LogP contribution is 2.41. The van der Waals surface area contributed by atoms with Gasteiger partial charge >= 0.3 is 0 Å². The molecule has 1 N–H and O–H groups in total. The van der Waals surface area contributed by atoms with Gasteiger partial charge in [0.05, 0.1) is 30.2 Å². The van der Waals surface area contributed by atoms with E-state index < -0.39 is 20.2 Å². The lowest BCUT2D eigenvalue weighted by Gasteiger charge is -2.43. The fourth-order valence-electron chi connectivity index (χ4n) is 6.11. The molecule has 0 bridgehead atoms. The molecule has 0 amide bonds. The number of thiazole rings is 1. The molecule has 5 rings (SSSR count). The first-order valence-electron chi connectivity index (χ1n) is 14.6. The molecule has 43 heavy (non-hydrogen) atoms. The maximum atomic E-state index is 16.1. The van der Waals surface area contributed by atoms with E-state index in [-0.39, 0.29) is 34.6 Å². The molecule has 3 atom stereocenters. The molecular weight excluding hydrogens is 601 g/mol. The number of hydrogen-bond acceptors (Lipinski definition) is 7. The number of aryl methyl sites for hydroxylation is 1. The predicted octanol–water partition coefficient (Wildman–Crippen LogP) is 6.41. The van der Waals surface area contributed by atoms with Crippen LogP contribution in [0.3, 0.4) is 0 Å². The Morgan fingerprint density at radius 1 is 1.07 bits per heavy atom. The van der Waals surface area contributed by atoms with Gasteiger partial charge in [0.25, 0.3) is 8.32 Å². The van der Waals surface area contributed by atoms with Crippen LogP contribution in [0.2, 0.25) is 10.1 Å². The average Bonchev–Trinajstić information content (AvgIpc) is 3.41. The molecule has 2 aromatic heterocycles. The average molecular weight is 640 g/mol. The van der Waals surface area contributed by atoms with E-state index in [1.165, 1.54) is 11.3 Å². The molecule has 2 aromatic carbocycles. The molecule has 10 heteroatoms. The highest BCUT2D eigenvalue weighted by Gasteiger charge is 2.50. The Bertz CT molecular complexity index is 1500. The van der Waals surface area contributed by atoms with E-state index in [0.717, 1.165) is 15.3 Å². The van der Waals surface area contributed by atoms with Crippen molar-refractivity contribution in [1.29, 1.82) is 0 Å². The molecule has 228 valence electrons. The van der Waals surface area contributed by atoms with Crippen molar-refractivity contribution in [1.82, 2.24) is 9.97 Å². The highest BCUT2D eigenvalue weighted by molar-refractivity contribution is 7.11. The molecule has 0 aliphatic carbocycles. The fraction of sp³-hybridized carbons (Fsp3) is 0.394. The molecule has 1 aliphatic heterocycles. The number of pyridine rings is 1.